The summed E-state index contributed by atoms with van der Waals surface area (Å²) in [5, 5.41) is 8.21. The molecule has 0 saturated heterocycles. The van der Waals surface area contributed by atoms with Gasteiger partial charge in [0, 0.05) is 12.1 Å². The van der Waals surface area contributed by atoms with Gasteiger partial charge in [-0.05, 0) is 12.1 Å². The van der Waals surface area contributed by atoms with Crippen LogP contribution >= 0.6 is 0 Å². The minimum atomic E-state index is -6.00. The lowest BCUT2D eigenvalue weighted by molar-refractivity contribution is 0.368. The smallest absolute Gasteiger partial charge is 0.418 e. The van der Waals surface area contributed by atoms with Gasteiger partial charge in [-0.2, -0.15) is 8.42 Å². The van der Waals surface area contributed by atoms with Crippen molar-refractivity contribution in [2.24, 2.45) is 0 Å². The molecule has 11 heteroatoms. The quantitative estimate of drug-likeness (QED) is 0.342. The molecule has 0 saturated carbocycles. The molecule has 0 aliphatic heterocycles. The van der Waals surface area contributed by atoms with Crippen molar-refractivity contribution >= 4 is 23.2 Å². The molecule has 0 spiro atoms. The Balaban J connectivity index is 0.000000437. The van der Waals surface area contributed by atoms with Crippen LogP contribution in [0.25, 0.3) is 4.98 Å². The summed E-state index contributed by atoms with van der Waals surface area (Å²) in [5.74, 6) is 0. The lowest BCUT2D eigenvalue weighted by atomic mass is 10.3. The number of hydrogen-bond donors (Lipinski definition) is 0. The van der Waals surface area contributed by atoms with E-state index in [1.54, 1.807) is 0 Å². The Morgan fingerprint density at radius 2 is 1.41 bits per heavy atom. The average molecular weight is 274 g/mol. The highest BCUT2D eigenvalue weighted by molar-refractivity contribution is 7.86. The Hall–Kier alpha value is -1.70. The molecule has 0 unspecified atom stereocenters. The van der Waals surface area contributed by atoms with Gasteiger partial charge in [0.05, 0.1) is 4.90 Å². The lowest BCUT2D eigenvalue weighted by Crippen LogP contribution is -2.02. The molecular formula is C6H4BF5N2O2S. The van der Waals surface area contributed by atoms with Gasteiger partial charge >= 0.3 is 23.2 Å². The van der Waals surface area contributed by atoms with Gasteiger partial charge in [-0.3, -0.25) is 0 Å². The van der Waals surface area contributed by atoms with Gasteiger partial charge in [0.25, 0.3) is 0 Å². The predicted octanol–water partition coefficient (Wildman–Crippen LogP) is 3.13. The Kier molecular flexibility index (Phi) is 5.02. The predicted molar refractivity (Wildman–Crippen MR) is 49.7 cm³/mol. The molecule has 0 amide bonds. The second-order valence-corrected chi connectivity index (χ2v) is 3.87. The molecular weight excluding hydrogens is 270 g/mol. The molecule has 17 heavy (non-hydrogen) atoms. The van der Waals surface area contributed by atoms with Crippen molar-refractivity contribution in [3.8, 4) is 0 Å². The van der Waals surface area contributed by atoms with Crippen molar-refractivity contribution in [2.45, 2.75) is 4.90 Å². The maximum Gasteiger partial charge on any atom is 0.673 e. The van der Waals surface area contributed by atoms with Crippen LogP contribution < -0.4 is 0 Å². The number of benzene rings is 1. The Labute approximate surface area is 93.0 Å². The number of hydrogen-bond acceptors (Lipinski definition) is 3. The highest BCUT2D eigenvalue weighted by Gasteiger charge is 2.20. The Morgan fingerprint density at radius 1 is 1.06 bits per heavy atom. The van der Waals surface area contributed by atoms with E-state index in [0.717, 1.165) is 12.1 Å². The van der Waals surface area contributed by atoms with Crippen molar-refractivity contribution < 1.29 is 29.6 Å². The van der Waals surface area contributed by atoms with Crippen molar-refractivity contribution in [3.05, 3.63) is 29.2 Å². The molecule has 1 rings (SSSR count). The Bertz CT molecular complexity index is 501. The van der Waals surface area contributed by atoms with Crippen LogP contribution in [0.1, 0.15) is 0 Å². The van der Waals surface area contributed by atoms with E-state index >= 15 is 0 Å². The highest BCUT2D eigenvalue weighted by Crippen LogP contribution is 2.17. The first-order valence-electron chi connectivity index (χ1n) is 3.81. The van der Waals surface area contributed by atoms with E-state index < -0.39 is 22.4 Å². The zero-order valence-corrected chi connectivity index (χ0v) is 8.71. The second kappa shape index (κ2) is 5.58. The monoisotopic (exact) mass is 274 g/mol. The minimum Gasteiger partial charge on any atom is -0.418 e. The van der Waals surface area contributed by atoms with Crippen LogP contribution in [0.2, 0.25) is 0 Å². The van der Waals surface area contributed by atoms with Crippen molar-refractivity contribution in [3.63, 3.8) is 0 Å². The van der Waals surface area contributed by atoms with E-state index in [9.17, 15) is 29.6 Å². The van der Waals surface area contributed by atoms with Crippen LogP contribution in [0.3, 0.4) is 0 Å². The normalized spacial score (nSPS) is 11.1. The molecule has 0 radical (unpaired) electrons. The van der Waals surface area contributed by atoms with E-state index in [0.29, 0.717) is 0 Å². The molecule has 0 atom stereocenters. The van der Waals surface area contributed by atoms with E-state index in [4.69, 9.17) is 5.39 Å². The summed E-state index contributed by atoms with van der Waals surface area (Å²) in [6, 6.07) is 4.41. The SMILES string of the molecule is F[B-](F)(F)F.N#[N+]c1ccc(S(=O)(=O)F)cc1. The average Bonchev–Trinajstić information content (AvgIpc) is 2.14. The Morgan fingerprint density at radius 3 is 1.65 bits per heavy atom. The summed E-state index contributed by atoms with van der Waals surface area (Å²) in [6.45, 7) is 0. The summed E-state index contributed by atoms with van der Waals surface area (Å²) in [6.07, 6.45) is 0. The topological polar surface area (TPSA) is 62.3 Å². The fourth-order valence-electron chi connectivity index (χ4n) is 0.675. The van der Waals surface area contributed by atoms with Crippen LogP contribution in [0.5, 0.6) is 0 Å². The summed E-state index contributed by atoms with van der Waals surface area (Å²) in [5.41, 5.74) is 0.169. The van der Waals surface area contributed by atoms with Crippen molar-refractivity contribution in [1.82, 2.24) is 0 Å². The first kappa shape index (κ1) is 15.3. The van der Waals surface area contributed by atoms with Gasteiger partial charge in [0.15, 0.2) is 4.98 Å². The number of diazo groups is 1. The number of nitrogens with zero attached hydrogens (tertiary/aromatic N) is 2. The molecule has 1 aromatic rings. The lowest BCUT2D eigenvalue weighted by Gasteiger charge is -1.94. The molecule has 0 heterocycles. The third-order valence-corrected chi connectivity index (χ3v) is 2.07. The van der Waals surface area contributed by atoms with Gasteiger partial charge in [-0.1, -0.05) is 0 Å². The third kappa shape index (κ3) is 8.15. The van der Waals surface area contributed by atoms with Crippen molar-refractivity contribution in [1.29, 1.82) is 5.39 Å². The molecule has 94 valence electrons. The number of halogens is 5. The first-order chi connectivity index (χ1) is 7.54. The van der Waals surface area contributed by atoms with Gasteiger partial charge in [-0.15, -0.1) is 3.89 Å². The van der Waals surface area contributed by atoms with E-state index in [1.165, 1.54) is 12.1 Å². The third-order valence-electron chi connectivity index (χ3n) is 1.23. The van der Waals surface area contributed by atoms with Gasteiger partial charge in [0.2, 0.25) is 5.39 Å². The van der Waals surface area contributed by atoms with E-state index in [2.05, 4.69) is 4.98 Å². The molecule has 0 N–H and O–H groups in total. The van der Waals surface area contributed by atoms with Gasteiger partial charge in [0.1, 0.15) is 0 Å². The second-order valence-electron chi connectivity index (χ2n) is 2.53. The van der Waals surface area contributed by atoms with Crippen LogP contribution in [0.4, 0.5) is 26.8 Å². The fourth-order valence-corrected chi connectivity index (χ4v) is 1.14. The molecule has 0 aliphatic rings. The standard InChI is InChI=1S/C6H4FN2O2S.BF4/c7-12(10,11)6-3-1-5(9-8)2-4-6;2-1(3,4)5/h1-4H;/q+1;-1. The number of rotatable bonds is 1. The van der Waals surface area contributed by atoms with Crippen molar-refractivity contribution in [2.75, 3.05) is 0 Å². The van der Waals surface area contributed by atoms with Gasteiger partial charge < -0.3 is 17.3 Å². The fraction of sp³-hybridized carbons (Fsp3) is 0. The minimum absolute atomic E-state index is 0.169. The zero-order valence-electron chi connectivity index (χ0n) is 7.90. The van der Waals surface area contributed by atoms with Crippen LogP contribution in [0, 0.1) is 5.39 Å². The summed E-state index contributed by atoms with van der Waals surface area (Å²) in [7, 11) is -10.7. The first-order valence-corrected chi connectivity index (χ1v) is 5.19. The molecule has 0 aliphatic carbocycles. The molecule has 0 fully saturated rings. The summed E-state index contributed by atoms with van der Waals surface area (Å²) < 4.78 is 71.8. The van der Waals surface area contributed by atoms with Gasteiger partial charge in [-0.25, -0.2) is 0 Å². The van der Waals surface area contributed by atoms with Crippen LogP contribution in [-0.4, -0.2) is 15.7 Å². The van der Waals surface area contributed by atoms with E-state index in [-0.39, 0.29) is 5.69 Å². The maximum absolute atomic E-state index is 12.2. The molecule has 4 nitrogen and oxygen atoms in total. The molecule has 0 bridgehead atoms. The van der Waals surface area contributed by atoms with Crippen LogP contribution in [0.15, 0.2) is 29.2 Å². The molecule has 0 aromatic heterocycles. The maximum atomic E-state index is 12.2. The molecule has 1 aromatic carbocycles. The summed E-state index contributed by atoms with van der Waals surface area (Å²) >= 11 is 0. The largest absolute Gasteiger partial charge is 0.673 e. The summed E-state index contributed by atoms with van der Waals surface area (Å²) in [4.78, 5) is 2.33. The van der Waals surface area contributed by atoms with E-state index in [1.807, 2.05) is 0 Å². The zero-order chi connectivity index (χ0) is 13.7. The van der Waals surface area contributed by atoms with Crippen LogP contribution in [-0.2, 0) is 10.2 Å². The highest BCUT2D eigenvalue weighted by atomic mass is 32.3.